The number of amides is 2. The van der Waals surface area contributed by atoms with Gasteiger partial charge in [0.05, 0.1) is 16.8 Å². The Morgan fingerprint density at radius 3 is 2.41 bits per heavy atom. The van der Waals surface area contributed by atoms with Crippen molar-refractivity contribution in [1.29, 1.82) is 0 Å². The van der Waals surface area contributed by atoms with Gasteiger partial charge in [0.1, 0.15) is 5.75 Å². The fourth-order valence-corrected chi connectivity index (χ4v) is 4.95. The molecule has 0 saturated heterocycles. The van der Waals surface area contributed by atoms with Gasteiger partial charge in [0.2, 0.25) is 0 Å². The molecule has 0 spiro atoms. The molecular formula is C32H26F2N2O5. The summed E-state index contributed by atoms with van der Waals surface area (Å²) in [5, 5.41) is 2.76. The minimum absolute atomic E-state index is 0.0483. The summed E-state index contributed by atoms with van der Waals surface area (Å²) in [7, 11) is 0. The molecule has 0 radical (unpaired) electrons. The Labute approximate surface area is 234 Å². The first-order chi connectivity index (χ1) is 19.8. The van der Waals surface area contributed by atoms with Crippen LogP contribution in [0.3, 0.4) is 0 Å². The summed E-state index contributed by atoms with van der Waals surface area (Å²) >= 11 is 0. The minimum Gasteiger partial charge on any atom is -0.452 e. The molecule has 1 aliphatic carbocycles. The number of alkyl halides is 2. The highest BCUT2D eigenvalue weighted by Gasteiger charge is 2.29. The third-order valence-corrected chi connectivity index (χ3v) is 6.69. The normalized spacial score (nSPS) is 15.4. The Hall–Kier alpha value is -4.92. The van der Waals surface area contributed by atoms with E-state index < -0.39 is 31.0 Å². The third-order valence-electron chi connectivity index (χ3n) is 6.69. The Balaban J connectivity index is 1.37. The molecular weight excluding hydrogens is 530 g/mol. The summed E-state index contributed by atoms with van der Waals surface area (Å²) in [6, 6.07) is 22.0. The number of nitrogens with one attached hydrogen (secondary N) is 1. The molecule has 41 heavy (non-hydrogen) atoms. The quantitative estimate of drug-likeness (QED) is 0.278. The number of aromatic nitrogens is 1. The van der Waals surface area contributed by atoms with Crippen LogP contribution in [-0.4, -0.2) is 36.0 Å². The summed E-state index contributed by atoms with van der Waals surface area (Å²) in [5.74, 6) is -2.18. The number of esters is 1. The second kappa shape index (κ2) is 12.1. The Morgan fingerprint density at radius 1 is 0.976 bits per heavy atom. The van der Waals surface area contributed by atoms with Crippen molar-refractivity contribution in [3.63, 3.8) is 0 Å². The average Bonchev–Trinajstić information content (AvgIpc) is 2.95. The summed E-state index contributed by atoms with van der Waals surface area (Å²) in [4.78, 5) is 43.3. The van der Waals surface area contributed by atoms with Gasteiger partial charge in [0.25, 0.3) is 11.8 Å². The van der Waals surface area contributed by atoms with Crippen molar-refractivity contribution in [3.05, 3.63) is 107 Å². The van der Waals surface area contributed by atoms with Gasteiger partial charge in [-0.2, -0.15) is 8.78 Å². The number of allylic oxidation sites excluding steroid dienone is 1. The van der Waals surface area contributed by atoms with Gasteiger partial charge in [-0.05, 0) is 71.9 Å². The number of imide groups is 1. The van der Waals surface area contributed by atoms with Gasteiger partial charge in [-0.15, -0.1) is 0 Å². The van der Waals surface area contributed by atoms with Gasteiger partial charge < -0.3 is 9.47 Å². The lowest BCUT2D eigenvalue weighted by Gasteiger charge is -2.26. The molecule has 3 aromatic carbocycles. The molecule has 1 N–H and O–H groups in total. The van der Waals surface area contributed by atoms with E-state index in [0.29, 0.717) is 22.9 Å². The largest absolute Gasteiger partial charge is 0.452 e. The zero-order chi connectivity index (χ0) is 28.9. The Kier molecular flexibility index (Phi) is 8.14. The van der Waals surface area contributed by atoms with Crippen molar-refractivity contribution in [2.75, 3.05) is 6.61 Å². The first-order valence-corrected chi connectivity index (χ1v) is 13.0. The second-order valence-electron chi connectivity index (χ2n) is 9.78. The Bertz CT molecular complexity index is 1640. The Morgan fingerprint density at radius 2 is 1.68 bits per heavy atom. The molecule has 0 saturated carbocycles. The lowest BCUT2D eigenvalue weighted by Crippen LogP contribution is -2.34. The highest BCUT2D eigenvalue weighted by Crippen LogP contribution is 2.38. The van der Waals surface area contributed by atoms with Crippen molar-refractivity contribution in [2.45, 2.75) is 26.4 Å². The molecule has 1 aromatic heterocycles. The molecule has 0 aliphatic heterocycles. The highest BCUT2D eigenvalue weighted by molar-refractivity contribution is 6.08. The van der Waals surface area contributed by atoms with E-state index in [2.05, 4.69) is 23.1 Å². The summed E-state index contributed by atoms with van der Waals surface area (Å²) in [6.07, 6.45) is 3.48. The van der Waals surface area contributed by atoms with Gasteiger partial charge in [0, 0.05) is 10.9 Å². The number of carbonyl (C=O) groups excluding carboxylic acids is 3. The molecule has 1 atom stereocenters. The SMILES string of the molecule is CC1C/C(=C/c2ccccc2)c2nc3ccccc3c(C(=O)OCC(=O)NC(=O)c3ccc(OC(F)F)cc3)c2C1. The third kappa shape index (κ3) is 6.46. The number of hydrogen-bond donors (Lipinski definition) is 1. The van der Waals surface area contributed by atoms with E-state index in [1.807, 2.05) is 48.5 Å². The van der Waals surface area contributed by atoms with Crippen molar-refractivity contribution >= 4 is 40.3 Å². The topological polar surface area (TPSA) is 94.6 Å². The molecule has 5 rings (SSSR count). The van der Waals surface area contributed by atoms with Gasteiger partial charge in [-0.1, -0.05) is 55.5 Å². The van der Waals surface area contributed by atoms with Crippen LogP contribution in [0.1, 0.15) is 50.9 Å². The molecule has 0 fully saturated rings. The number of ether oxygens (including phenoxy) is 2. The molecule has 1 heterocycles. The van der Waals surface area contributed by atoms with Crippen LogP contribution in [0.5, 0.6) is 5.75 Å². The number of pyridine rings is 1. The van der Waals surface area contributed by atoms with Gasteiger partial charge >= 0.3 is 12.6 Å². The van der Waals surface area contributed by atoms with E-state index in [4.69, 9.17) is 9.72 Å². The number of benzene rings is 3. The summed E-state index contributed by atoms with van der Waals surface area (Å²) in [6.45, 7) is -1.58. The second-order valence-corrected chi connectivity index (χ2v) is 9.78. The van der Waals surface area contributed by atoms with E-state index in [1.54, 1.807) is 6.07 Å². The zero-order valence-corrected chi connectivity index (χ0v) is 22.1. The zero-order valence-electron chi connectivity index (χ0n) is 22.1. The molecule has 0 bridgehead atoms. The molecule has 9 heteroatoms. The number of rotatable bonds is 7. The van der Waals surface area contributed by atoms with Crippen LogP contribution in [0.15, 0.2) is 78.9 Å². The molecule has 4 aromatic rings. The van der Waals surface area contributed by atoms with Crippen LogP contribution in [0.4, 0.5) is 8.78 Å². The fourth-order valence-electron chi connectivity index (χ4n) is 4.95. The maximum atomic E-state index is 13.5. The smallest absolute Gasteiger partial charge is 0.387 e. The van der Waals surface area contributed by atoms with Crippen LogP contribution >= 0.6 is 0 Å². The van der Waals surface area contributed by atoms with E-state index in [9.17, 15) is 23.2 Å². The van der Waals surface area contributed by atoms with Gasteiger partial charge in [-0.3, -0.25) is 14.9 Å². The molecule has 1 unspecified atom stereocenters. The van der Waals surface area contributed by atoms with Crippen LogP contribution in [0.25, 0.3) is 22.6 Å². The number of nitrogens with zero attached hydrogens (tertiary/aromatic N) is 1. The average molecular weight is 557 g/mol. The van der Waals surface area contributed by atoms with Crippen molar-refractivity contribution in [3.8, 4) is 5.75 Å². The van der Waals surface area contributed by atoms with E-state index in [1.165, 1.54) is 24.3 Å². The van der Waals surface area contributed by atoms with Crippen molar-refractivity contribution < 1.29 is 32.6 Å². The number of carbonyl (C=O) groups is 3. The number of halogens is 2. The molecule has 1 aliphatic rings. The van der Waals surface area contributed by atoms with Crippen LogP contribution in [0, 0.1) is 5.92 Å². The van der Waals surface area contributed by atoms with Crippen molar-refractivity contribution in [2.24, 2.45) is 5.92 Å². The molecule has 7 nitrogen and oxygen atoms in total. The maximum Gasteiger partial charge on any atom is 0.387 e. The first-order valence-electron chi connectivity index (χ1n) is 13.0. The van der Waals surface area contributed by atoms with E-state index >= 15 is 0 Å². The lowest BCUT2D eigenvalue weighted by molar-refractivity contribution is -0.123. The minimum atomic E-state index is -3.00. The highest BCUT2D eigenvalue weighted by atomic mass is 19.3. The standard InChI is InChI=1S/C32H26F2N2O5/c1-19-15-22(17-20-7-3-2-4-8-20)29-25(16-19)28(24-9-5-6-10-26(24)35-29)31(39)40-18-27(37)36-30(38)21-11-13-23(14-12-21)41-32(33)34/h2-14,17,19,32H,15-16,18H2,1H3,(H,36,37,38)/b22-17-. The predicted octanol–water partition coefficient (Wildman–Crippen LogP) is 6.07. The van der Waals surface area contributed by atoms with Crippen molar-refractivity contribution in [1.82, 2.24) is 10.3 Å². The van der Waals surface area contributed by atoms with Gasteiger partial charge in [0.15, 0.2) is 6.61 Å². The number of para-hydroxylation sites is 1. The number of hydrogen-bond acceptors (Lipinski definition) is 6. The monoisotopic (exact) mass is 556 g/mol. The van der Waals surface area contributed by atoms with Gasteiger partial charge in [-0.25, -0.2) is 9.78 Å². The summed E-state index contributed by atoms with van der Waals surface area (Å²) < 4.78 is 34.3. The molecule has 2 amide bonds. The van der Waals surface area contributed by atoms with Crippen LogP contribution in [0.2, 0.25) is 0 Å². The van der Waals surface area contributed by atoms with E-state index in [-0.39, 0.29) is 17.2 Å². The lowest BCUT2D eigenvalue weighted by atomic mass is 9.80. The number of fused-ring (bicyclic) bond motifs is 2. The maximum absolute atomic E-state index is 13.5. The van der Waals surface area contributed by atoms with Crippen LogP contribution in [-0.2, 0) is 16.0 Å². The molecule has 208 valence electrons. The first kappa shape index (κ1) is 27.6. The fraction of sp³-hybridized carbons (Fsp3) is 0.188. The summed E-state index contributed by atoms with van der Waals surface area (Å²) in [5.41, 5.74) is 4.56. The van der Waals surface area contributed by atoms with E-state index in [0.717, 1.165) is 28.8 Å². The van der Waals surface area contributed by atoms with Crippen LogP contribution < -0.4 is 10.1 Å². The predicted molar refractivity (Wildman–Crippen MR) is 149 cm³/mol.